The van der Waals surface area contributed by atoms with Gasteiger partial charge in [-0.3, -0.25) is 14.4 Å². The van der Waals surface area contributed by atoms with Gasteiger partial charge in [0.1, 0.15) is 0 Å². The van der Waals surface area contributed by atoms with Crippen LogP contribution in [0.2, 0.25) is 0 Å². The molecule has 1 aromatic carbocycles. The van der Waals surface area contributed by atoms with E-state index in [2.05, 4.69) is 0 Å². The van der Waals surface area contributed by atoms with E-state index in [0.717, 1.165) is 4.90 Å². The largest absolute Gasteiger partial charge is 0.368 e. The lowest BCUT2D eigenvalue weighted by Crippen LogP contribution is -2.37. The minimum Gasteiger partial charge on any atom is -0.368 e. The van der Waals surface area contributed by atoms with Crippen molar-refractivity contribution in [3.63, 3.8) is 0 Å². The number of benzene rings is 1. The van der Waals surface area contributed by atoms with Crippen LogP contribution in [0.1, 0.15) is 0 Å². The summed E-state index contributed by atoms with van der Waals surface area (Å²) in [7, 11) is 0. The van der Waals surface area contributed by atoms with E-state index in [-0.39, 0.29) is 0 Å². The van der Waals surface area contributed by atoms with Crippen molar-refractivity contribution in [3.05, 3.63) is 30.3 Å². The Labute approximate surface area is 95.6 Å². The lowest BCUT2D eigenvalue weighted by molar-refractivity contribution is -0.124. The maximum Gasteiger partial charge on any atom is 0.294 e. The quantitative estimate of drug-likeness (QED) is 0.768. The zero-order valence-corrected chi connectivity index (χ0v) is 8.94. The highest BCUT2D eigenvalue weighted by molar-refractivity contribution is 8.16. The van der Waals surface area contributed by atoms with Crippen molar-refractivity contribution in [1.82, 2.24) is 0 Å². The van der Waals surface area contributed by atoms with Gasteiger partial charge in [0.15, 0.2) is 5.25 Å². The third kappa shape index (κ3) is 1.67. The molecule has 1 atom stereocenters. The minimum atomic E-state index is -1.10. The Morgan fingerprint density at radius 1 is 1.25 bits per heavy atom. The SMILES string of the molecule is NC(=O)C1SC(=O)N(c2ccccc2)C1=O. The summed E-state index contributed by atoms with van der Waals surface area (Å²) in [5, 5.41) is -1.58. The number of hydrogen-bond donors (Lipinski definition) is 1. The van der Waals surface area contributed by atoms with Crippen LogP contribution in [-0.2, 0) is 9.59 Å². The molecule has 3 amide bonds. The number of nitrogens with two attached hydrogens (primary N) is 1. The Bertz CT molecular complexity index is 460. The van der Waals surface area contributed by atoms with Gasteiger partial charge in [-0.25, -0.2) is 4.90 Å². The van der Waals surface area contributed by atoms with Crippen LogP contribution in [0, 0.1) is 0 Å². The molecule has 1 saturated heterocycles. The predicted octanol–water partition coefficient (Wildman–Crippen LogP) is 0.740. The van der Waals surface area contributed by atoms with E-state index in [1.165, 1.54) is 0 Å². The van der Waals surface area contributed by atoms with Crippen LogP contribution in [0.3, 0.4) is 0 Å². The molecule has 1 aliphatic heterocycles. The Kier molecular flexibility index (Phi) is 2.66. The molecule has 82 valence electrons. The van der Waals surface area contributed by atoms with Gasteiger partial charge in [-0.1, -0.05) is 18.2 Å². The topological polar surface area (TPSA) is 80.5 Å². The Morgan fingerprint density at radius 3 is 2.38 bits per heavy atom. The minimum absolute atomic E-state index is 0.453. The van der Waals surface area contributed by atoms with E-state index < -0.39 is 22.3 Å². The van der Waals surface area contributed by atoms with E-state index >= 15 is 0 Å². The van der Waals surface area contributed by atoms with Gasteiger partial charge in [0.2, 0.25) is 5.91 Å². The van der Waals surface area contributed by atoms with Crippen molar-refractivity contribution < 1.29 is 14.4 Å². The van der Waals surface area contributed by atoms with Gasteiger partial charge in [0, 0.05) is 0 Å². The van der Waals surface area contributed by atoms with Crippen molar-refractivity contribution in [2.45, 2.75) is 5.25 Å². The molecule has 1 heterocycles. The van der Waals surface area contributed by atoms with E-state index in [4.69, 9.17) is 5.73 Å². The second-order valence-electron chi connectivity index (χ2n) is 3.18. The molecular weight excluding hydrogens is 228 g/mol. The number of thioether (sulfide) groups is 1. The second-order valence-corrected chi connectivity index (χ2v) is 4.23. The van der Waals surface area contributed by atoms with Gasteiger partial charge in [0.05, 0.1) is 5.69 Å². The van der Waals surface area contributed by atoms with Gasteiger partial charge in [-0.15, -0.1) is 0 Å². The first-order valence-corrected chi connectivity index (χ1v) is 5.38. The Hall–Kier alpha value is -1.82. The third-order valence-electron chi connectivity index (χ3n) is 2.12. The molecule has 0 spiro atoms. The van der Waals surface area contributed by atoms with Crippen molar-refractivity contribution in [2.75, 3.05) is 4.90 Å². The molecule has 0 aliphatic carbocycles. The average molecular weight is 236 g/mol. The summed E-state index contributed by atoms with van der Waals surface area (Å²) in [6.45, 7) is 0. The molecule has 1 aliphatic rings. The summed E-state index contributed by atoms with van der Waals surface area (Å²) in [5.41, 5.74) is 5.48. The summed E-state index contributed by atoms with van der Waals surface area (Å²) in [6.07, 6.45) is 0. The zero-order chi connectivity index (χ0) is 11.7. The molecule has 2 rings (SSSR count). The number of amides is 3. The van der Waals surface area contributed by atoms with Gasteiger partial charge in [0.25, 0.3) is 11.1 Å². The molecule has 5 nitrogen and oxygen atoms in total. The summed E-state index contributed by atoms with van der Waals surface area (Å²) in [5.74, 6) is -1.37. The molecule has 16 heavy (non-hydrogen) atoms. The number of nitrogens with zero attached hydrogens (tertiary/aromatic N) is 1. The first-order chi connectivity index (χ1) is 7.61. The van der Waals surface area contributed by atoms with Crippen LogP contribution < -0.4 is 10.6 Å². The van der Waals surface area contributed by atoms with Crippen molar-refractivity contribution in [3.8, 4) is 0 Å². The molecule has 1 fully saturated rings. The predicted molar refractivity (Wildman–Crippen MR) is 59.9 cm³/mol. The maximum absolute atomic E-state index is 11.7. The molecule has 0 bridgehead atoms. The molecule has 1 unspecified atom stereocenters. The number of carbonyl (C=O) groups excluding carboxylic acids is 3. The number of anilines is 1. The van der Waals surface area contributed by atoms with E-state index in [9.17, 15) is 14.4 Å². The van der Waals surface area contributed by atoms with Gasteiger partial charge in [-0.2, -0.15) is 0 Å². The first-order valence-electron chi connectivity index (χ1n) is 4.50. The molecule has 2 N–H and O–H groups in total. The van der Waals surface area contributed by atoms with Crippen LogP contribution in [0.5, 0.6) is 0 Å². The fourth-order valence-corrected chi connectivity index (χ4v) is 2.23. The summed E-state index contributed by atoms with van der Waals surface area (Å²) < 4.78 is 0. The fourth-order valence-electron chi connectivity index (χ4n) is 1.40. The number of carbonyl (C=O) groups is 3. The number of primary amides is 1. The van der Waals surface area contributed by atoms with E-state index in [0.29, 0.717) is 17.4 Å². The van der Waals surface area contributed by atoms with Crippen LogP contribution in [-0.4, -0.2) is 22.3 Å². The van der Waals surface area contributed by atoms with Crippen molar-refractivity contribution >= 4 is 34.5 Å². The molecular formula is C10H8N2O3S. The number of imide groups is 1. The highest BCUT2D eigenvalue weighted by Crippen LogP contribution is 2.31. The molecule has 0 aromatic heterocycles. The van der Waals surface area contributed by atoms with Crippen LogP contribution >= 0.6 is 11.8 Å². The van der Waals surface area contributed by atoms with Crippen LogP contribution in [0.15, 0.2) is 30.3 Å². The highest BCUT2D eigenvalue weighted by Gasteiger charge is 2.43. The fraction of sp³-hybridized carbons (Fsp3) is 0.100. The lowest BCUT2D eigenvalue weighted by atomic mass is 10.2. The average Bonchev–Trinajstić information content (AvgIpc) is 2.56. The molecule has 0 radical (unpaired) electrons. The lowest BCUT2D eigenvalue weighted by Gasteiger charge is -2.12. The van der Waals surface area contributed by atoms with Gasteiger partial charge >= 0.3 is 0 Å². The number of hydrogen-bond acceptors (Lipinski definition) is 4. The van der Waals surface area contributed by atoms with Crippen LogP contribution in [0.25, 0.3) is 0 Å². The third-order valence-corrected chi connectivity index (χ3v) is 3.17. The van der Waals surface area contributed by atoms with Gasteiger partial charge < -0.3 is 5.73 Å². The second kappa shape index (κ2) is 3.97. The zero-order valence-electron chi connectivity index (χ0n) is 8.12. The first kappa shape index (κ1) is 10.7. The normalized spacial score (nSPS) is 20.2. The van der Waals surface area contributed by atoms with E-state index in [1.807, 2.05) is 0 Å². The van der Waals surface area contributed by atoms with Crippen molar-refractivity contribution in [1.29, 1.82) is 0 Å². The molecule has 0 saturated carbocycles. The monoisotopic (exact) mass is 236 g/mol. The van der Waals surface area contributed by atoms with Gasteiger partial charge in [-0.05, 0) is 23.9 Å². The van der Waals surface area contributed by atoms with Crippen LogP contribution in [0.4, 0.5) is 10.5 Å². The summed E-state index contributed by atoms with van der Waals surface area (Å²) in [6, 6.07) is 8.43. The Morgan fingerprint density at radius 2 is 1.88 bits per heavy atom. The number of rotatable bonds is 2. The van der Waals surface area contributed by atoms with E-state index in [1.54, 1.807) is 30.3 Å². The maximum atomic E-state index is 11.7. The Balaban J connectivity index is 2.34. The highest BCUT2D eigenvalue weighted by atomic mass is 32.2. The summed E-state index contributed by atoms with van der Waals surface area (Å²) >= 11 is 0.648. The van der Waals surface area contributed by atoms with Crippen molar-refractivity contribution in [2.24, 2.45) is 5.73 Å². The smallest absolute Gasteiger partial charge is 0.294 e. The number of para-hydroxylation sites is 1. The molecule has 6 heteroatoms. The standard InChI is InChI=1S/C10H8N2O3S/c11-8(13)7-9(14)12(10(15)16-7)6-4-2-1-3-5-6/h1-5,7H,(H2,11,13). The molecule has 1 aromatic rings. The summed E-state index contributed by atoms with van der Waals surface area (Å²) in [4.78, 5) is 35.2.